The standard InChI is InChI=1S/C19H22N2O3/c1-14(16-9-11-20-12-10-16)21-19(23)4-3-13-24-18-7-5-17(6-8-18)15(2)22/h5-12,14H,3-4,13H2,1-2H3,(H,21,23). The number of carbonyl (C=O) groups is 2. The van der Waals surface area contributed by atoms with E-state index in [4.69, 9.17) is 4.74 Å². The van der Waals surface area contributed by atoms with Crippen LogP contribution in [0.4, 0.5) is 0 Å². The summed E-state index contributed by atoms with van der Waals surface area (Å²) in [6, 6.07) is 10.7. The van der Waals surface area contributed by atoms with Crippen LogP contribution >= 0.6 is 0 Å². The van der Waals surface area contributed by atoms with Crippen LogP contribution in [0, 0.1) is 0 Å². The molecule has 1 aromatic carbocycles. The van der Waals surface area contributed by atoms with Gasteiger partial charge in [-0.25, -0.2) is 0 Å². The first kappa shape index (κ1) is 17.7. The Morgan fingerprint density at radius 2 is 1.79 bits per heavy atom. The van der Waals surface area contributed by atoms with Crippen molar-refractivity contribution in [3.63, 3.8) is 0 Å². The summed E-state index contributed by atoms with van der Waals surface area (Å²) in [4.78, 5) is 27.1. The SMILES string of the molecule is CC(=O)c1ccc(OCCCC(=O)NC(C)c2ccncc2)cc1. The second kappa shape index (κ2) is 8.82. The minimum atomic E-state index is -0.0412. The molecule has 0 radical (unpaired) electrons. The molecule has 1 aromatic heterocycles. The number of Topliss-reactive ketones (excluding diaryl/α,β-unsaturated/α-hetero) is 1. The van der Waals surface area contributed by atoms with Crippen LogP contribution in [0.25, 0.3) is 0 Å². The average Bonchev–Trinajstić information content (AvgIpc) is 2.60. The Morgan fingerprint density at radius 3 is 2.42 bits per heavy atom. The highest BCUT2D eigenvalue weighted by Gasteiger charge is 2.09. The molecule has 0 bridgehead atoms. The Labute approximate surface area is 142 Å². The van der Waals surface area contributed by atoms with Crippen LogP contribution in [0.3, 0.4) is 0 Å². The second-order valence-electron chi connectivity index (χ2n) is 5.60. The van der Waals surface area contributed by atoms with Gasteiger partial charge in [0.2, 0.25) is 5.91 Å². The number of pyridine rings is 1. The summed E-state index contributed by atoms with van der Waals surface area (Å²) in [6.45, 7) is 3.93. The maximum atomic E-state index is 11.9. The van der Waals surface area contributed by atoms with Crippen molar-refractivity contribution in [3.05, 3.63) is 59.9 Å². The molecule has 1 heterocycles. The van der Waals surface area contributed by atoms with Crippen molar-refractivity contribution < 1.29 is 14.3 Å². The van der Waals surface area contributed by atoms with Crippen LogP contribution in [-0.2, 0) is 4.79 Å². The molecule has 126 valence electrons. The molecular formula is C19H22N2O3. The van der Waals surface area contributed by atoms with E-state index < -0.39 is 0 Å². The first-order chi connectivity index (χ1) is 11.6. The molecule has 24 heavy (non-hydrogen) atoms. The monoisotopic (exact) mass is 326 g/mol. The highest BCUT2D eigenvalue weighted by atomic mass is 16.5. The number of nitrogens with one attached hydrogen (secondary N) is 1. The number of amides is 1. The molecule has 0 saturated heterocycles. The molecule has 1 unspecified atom stereocenters. The molecule has 0 saturated carbocycles. The average molecular weight is 326 g/mol. The Bertz CT molecular complexity index is 669. The maximum absolute atomic E-state index is 11.9. The molecule has 0 aliphatic rings. The van der Waals surface area contributed by atoms with Crippen LogP contribution in [0.15, 0.2) is 48.8 Å². The molecule has 2 rings (SSSR count). The summed E-state index contributed by atoms with van der Waals surface area (Å²) < 4.78 is 5.58. The summed E-state index contributed by atoms with van der Waals surface area (Å²) >= 11 is 0. The predicted octanol–water partition coefficient (Wildman–Crippen LogP) is 3.32. The minimum Gasteiger partial charge on any atom is -0.494 e. The summed E-state index contributed by atoms with van der Waals surface area (Å²) in [6.07, 6.45) is 4.46. The maximum Gasteiger partial charge on any atom is 0.220 e. The predicted molar refractivity (Wildman–Crippen MR) is 92.0 cm³/mol. The number of rotatable bonds is 8. The van der Waals surface area contributed by atoms with E-state index in [2.05, 4.69) is 10.3 Å². The van der Waals surface area contributed by atoms with E-state index in [1.54, 1.807) is 36.7 Å². The van der Waals surface area contributed by atoms with Crippen LogP contribution in [0.1, 0.15) is 48.7 Å². The molecule has 0 aliphatic heterocycles. The fraction of sp³-hybridized carbons (Fsp3) is 0.316. The van der Waals surface area contributed by atoms with E-state index in [9.17, 15) is 9.59 Å². The van der Waals surface area contributed by atoms with Crippen LogP contribution in [0.5, 0.6) is 5.75 Å². The van der Waals surface area contributed by atoms with Crippen molar-refractivity contribution in [2.24, 2.45) is 0 Å². The fourth-order valence-electron chi connectivity index (χ4n) is 2.26. The Kier molecular flexibility index (Phi) is 6.49. The van der Waals surface area contributed by atoms with E-state index in [1.807, 2.05) is 19.1 Å². The zero-order valence-corrected chi connectivity index (χ0v) is 14.0. The van der Waals surface area contributed by atoms with E-state index in [1.165, 1.54) is 6.92 Å². The number of hydrogen-bond acceptors (Lipinski definition) is 4. The topological polar surface area (TPSA) is 68.3 Å². The molecule has 0 spiro atoms. The van der Waals surface area contributed by atoms with Gasteiger partial charge in [-0.1, -0.05) is 0 Å². The molecular weight excluding hydrogens is 304 g/mol. The van der Waals surface area contributed by atoms with Crippen molar-refractivity contribution in [2.45, 2.75) is 32.7 Å². The Balaban J connectivity index is 1.68. The van der Waals surface area contributed by atoms with Gasteiger partial charge in [-0.15, -0.1) is 0 Å². The van der Waals surface area contributed by atoms with Gasteiger partial charge in [-0.2, -0.15) is 0 Å². The molecule has 0 aliphatic carbocycles. The lowest BCUT2D eigenvalue weighted by atomic mass is 10.1. The molecule has 5 nitrogen and oxygen atoms in total. The van der Waals surface area contributed by atoms with Crippen molar-refractivity contribution in [2.75, 3.05) is 6.61 Å². The van der Waals surface area contributed by atoms with E-state index in [-0.39, 0.29) is 17.7 Å². The van der Waals surface area contributed by atoms with E-state index in [0.717, 1.165) is 5.56 Å². The van der Waals surface area contributed by atoms with E-state index >= 15 is 0 Å². The molecule has 1 atom stereocenters. The highest BCUT2D eigenvalue weighted by molar-refractivity contribution is 5.94. The zero-order chi connectivity index (χ0) is 17.4. The minimum absolute atomic E-state index is 0.00478. The number of ketones is 1. The molecule has 0 fully saturated rings. The molecule has 1 amide bonds. The normalized spacial score (nSPS) is 11.6. The lowest BCUT2D eigenvalue weighted by Gasteiger charge is -2.14. The quantitative estimate of drug-likeness (QED) is 0.597. The van der Waals surface area contributed by atoms with Crippen LogP contribution in [-0.4, -0.2) is 23.3 Å². The van der Waals surface area contributed by atoms with Gasteiger partial charge in [-0.3, -0.25) is 14.6 Å². The third-order valence-corrected chi connectivity index (χ3v) is 3.66. The first-order valence-corrected chi connectivity index (χ1v) is 7.99. The Morgan fingerprint density at radius 1 is 1.12 bits per heavy atom. The zero-order valence-electron chi connectivity index (χ0n) is 14.0. The van der Waals surface area contributed by atoms with Crippen LogP contribution < -0.4 is 10.1 Å². The van der Waals surface area contributed by atoms with E-state index in [0.29, 0.717) is 30.8 Å². The smallest absolute Gasteiger partial charge is 0.220 e. The van der Waals surface area contributed by atoms with Gasteiger partial charge < -0.3 is 10.1 Å². The molecule has 5 heteroatoms. The lowest BCUT2D eigenvalue weighted by molar-refractivity contribution is -0.121. The second-order valence-corrected chi connectivity index (χ2v) is 5.60. The van der Waals surface area contributed by atoms with Gasteiger partial charge in [0.15, 0.2) is 5.78 Å². The van der Waals surface area contributed by atoms with Gasteiger partial charge in [-0.05, 0) is 62.2 Å². The molecule has 1 N–H and O–H groups in total. The van der Waals surface area contributed by atoms with Crippen LogP contribution in [0.2, 0.25) is 0 Å². The number of nitrogens with zero attached hydrogens (tertiary/aromatic N) is 1. The lowest BCUT2D eigenvalue weighted by Crippen LogP contribution is -2.26. The van der Waals surface area contributed by atoms with Gasteiger partial charge >= 0.3 is 0 Å². The van der Waals surface area contributed by atoms with Crippen molar-refractivity contribution in [1.82, 2.24) is 10.3 Å². The summed E-state index contributed by atoms with van der Waals surface area (Å²) in [5.74, 6) is 0.724. The summed E-state index contributed by atoms with van der Waals surface area (Å²) in [5.41, 5.74) is 1.69. The third kappa shape index (κ3) is 5.50. The number of benzene rings is 1. The summed E-state index contributed by atoms with van der Waals surface area (Å²) in [7, 11) is 0. The largest absolute Gasteiger partial charge is 0.494 e. The first-order valence-electron chi connectivity index (χ1n) is 7.99. The molecule has 2 aromatic rings. The third-order valence-electron chi connectivity index (χ3n) is 3.66. The van der Waals surface area contributed by atoms with Crippen molar-refractivity contribution in [3.8, 4) is 5.75 Å². The van der Waals surface area contributed by atoms with Gasteiger partial charge in [0.05, 0.1) is 12.6 Å². The van der Waals surface area contributed by atoms with Gasteiger partial charge in [0.25, 0.3) is 0 Å². The fourth-order valence-corrected chi connectivity index (χ4v) is 2.26. The highest BCUT2D eigenvalue weighted by Crippen LogP contribution is 2.13. The number of carbonyl (C=O) groups excluding carboxylic acids is 2. The van der Waals surface area contributed by atoms with Gasteiger partial charge in [0, 0.05) is 24.4 Å². The number of ether oxygens (including phenoxy) is 1. The number of aromatic nitrogens is 1. The summed E-state index contributed by atoms with van der Waals surface area (Å²) in [5, 5.41) is 2.96. The van der Waals surface area contributed by atoms with Gasteiger partial charge in [0.1, 0.15) is 5.75 Å². The number of hydrogen-bond donors (Lipinski definition) is 1. The van der Waals surface area contributed by atoms with Crippen molar-refractivity contribution in [1.29, 1.82) is 0 Å². The van der Waals surface area contributed by atoms with Crippen molar-refractivity contribution >= 4 is 11.7 Å². The Hall–Kier alpha value is -2.69.